The highest BCUT2D eigenvalue weighted by molar-refractivity contribution is 5.97. The number of amides is 3. The molecule has 0 aliphatic carbocycles. The monoisotopic (exact) mass is 390 g/mol. The van der Waals surface area contributed by atoms with Gasteiger partial charge in [-0.1, -0.05) is 36.4 Å². The summed E-state index contributed by atoms with van der Waals surface area (Å²) in [6.07, 6.45) is 0.275. The molecule has 2 aromatic carbocycles. The Morgan fingerprint density at radius 2 is 1.72 bits per heavy atom. The molecule has 2 atom stereocenters. The van der Waals surface area contributed by atoms with Gasteiger partial charge < -0.3 is 15.1 Å². The number of carbonyl (C=O) groups excluding carboxylic acids is 3. The van der Waals surface area contributed by atoms with E-state index in [1.807, 2.05) is 24.3 Å². The van der Waals surface area contributed by atoms with Crippen LogP contribution in [0.4, 0.5) is 5.69 Å². The van der Waals surface area contributed by atoms with Gasteiger partial charge in [0.05, 0.1) is 18.5 Å². The SMILES string of the molecule is CN(CC(=O)N1CC(C(=O)Nc2ccccc2)CC1C#N)C(=O)c1ccccc1. The highest BCUT2D eigenvalue weighted by atomic mass is 16.2. The highest BCUT2D eigenvalue weighted by Crippen LogP contribution is 2.25. The zero-order valence-corrected chi connectivity index (χ0v) is 16.1. The minimum absolute atomic E-state index is 0.154. The lowest BCUT2D eigenvalue weighted by Gasteiger charge is -2.24. The van der Waals surface area contributed by atoms with E-state index in [0.29, 0.717) is 11.3 Å². The summed E-state index contributed by atoms with van der Waals surface area (Å²) in [4.78, 5) is 40.4. The van der Waals surface area contributed by atoms with E-state index in [1.165, 1.54) is 9.80 Å². The minimum Gasteiger partial charge on any atom is -0.332 e. The maximum Gasteiger partial charge on any atom is 0.254 e. The Labute approximate surface area is 169 Å². The van der Waals surface area contributed by atoms with Crippen molar-refractivity contribution < 1.29 is 14.4 Å². The summed E-state index contributed by atoms with van der Waals surface area (Å²) in [6.45, 7) is 0.00201. The van der Waals surface area contributed by atoms with Crippen molar-refractivity contribution in [2.75, 3.05) is 25.5 Å². The van der Waals surface area contributed by atoms with Crippen LogP contribution in [0.15, 0.2) is 60.7 Å². The van der Waals surface area contributed by atoms with E-state index in [9.17, 15) is 19.6 Å². The number of hydrogen-bond acceptors (Lipinski definition) is 4. The van der Waals surface area contributed by atoms with Gasteiger partial charge in [0.1, 0.15) is 6.04 Å². The number of nitrogens with one attached hydrogen (secondary N) is 1. The predicted octanol–water partition coefficient (Wildman–Crippen LogP) is 2.14. The highest BCUT2D eigenvalue weighted by Gasteiger charge is 2.39. The number of rotatable bonds is 5. The smallest absolute Gasteiger partial charge is 0.254 e. The van der Waals surface area contributed by atoms with Crippen LogP contribution in [0.25, 0.3) is 0 Å². The van der Waals surface area contributed by atoms with Crippen molar-refractivity contribution in [3.05, 3.63) is 66.2 Å². The fraction of sp³-hybridized carbons (Fsp3) is 0.273. The van der Waals surface area contributed by atoms with Gasteiger partial charge >= 0.3 is 0 Å². The molecule has 1 aliphatic rings. The van der Waals surface area contributed by atoms with Crippen LogP contribution in [0, 0.1) is 17.2 Å². The lowest BCUT2D eigenvalue weighted by atomic mass is 10.1. The summed E-state index contributed by atoms with van der Waals surface area (Å²) in [5.41, 5.74) is 1.16. The molecule has 2 unspecified atom stereocenters. The third-order valence-electron chi connectivity index (χ3n) is 4.92. The summed E-state index contributed by atoms with van der Waals surface area (Å²) >= 11 is 0. The van der Waals surface area contributed by atoms with Gasteiger partial charge in [0, 0.05) is 24.8 Å². The van der Waals surface area contributed by atoms with Crippen LogP contribution < -0.4 is 5.32 Å². The number of para-hydroxylation sites is 1. The Balaban J connectivity index is 1.62. The molecule has 148 valence electrons. The third kappa shape index (κ3) is 4.79. The number of anilines is 1. The van der Waals surface area contributed by atoms with E-state index in [1.54, 1.807) is 43.4 Å². The van der Waals surface area contributed by atoms with E-state index in [-0.39, 0.29) is 37.2 Å². The molecular formula is C22H22N4O3. The average Bonchev–Trinajstić information content (AvgIpc) is 3.19. The van der Waals surface area contributed by atoms with Crippen molar-refractivity contribution in [1.82, 2.24) is 9.80 Å². The van der Waals surface area contributed by atoms with Crippen molar-refractivity contribution >= 4 is 23.4 Å². The van der Waals surface area contributed by atoms with Crippen LogP contribution in [0.1, 0.15) is 16.8 Å². The second kappa shape index (κ2) is 9.02. The topological polar surface area (TPSA) is 93.5 Å². The predicted molar refractivity (Wildman–Crippen MR) is 108 cm³/mol. The first-order chi connectivity index (χ1) is 14.0. The Kier molecular flexibility index (Phi) is 6.25. The third-order valence-corrected chi connectivity index (χ3v) is 4.92. The second-order valence-electron chi connectivity index (χ2n) is 7.01. The van der Waals surface area contributed by atoms with E-state index < -0.39 is 12.0 Å². The number of likely N-dealkylation sites (tertiary alicyclic amines) is 1. The van der Waals surface area contributed by atoms with Gasteiger partial charge in [-0.15, -0.1) is 0 Å². The standard InChI is InChI=1S/C22H22N4O3/c1-25(22(29)16-8-4-2-5-9-16)15-20(27)26-14-17(12-19(26)13-23)21(28)24-18-10-6-3-7-11-18/h2-11,17,19H,12,14-15H2,1H3,(H,24,28). The Morgan fingerprint density at radius 3 is 2.34 bits per heavy atom. The maximum atomic E-state index is 12.7. The quantitative estimate of drug-likeness (QED) is 0.846. The molecule has 7 heteroatoms. The van der Waals surface area contributed by atoms with Crippen LogP contribution in [-0.2, 0) is 9.59 Å². The molecule has 1 aliphatic heterocycles. The van der Waals surface area contributed by atoms with Crippen molar-refractivity contribution in [3.8, 4) is 6.07 Å². The zero-order valence-electron chi connectivity index (χ0n) is 16.1. The van der Waals surface area contributed by atoms with E-state index >= 15 is 0 Å². The summed E-state index contributed by atoms with van der Waals surface area (Å²) in [6, 6.07) is 19.1. The lowest BCUT2D eigenvalue weighted by molar-refractivity contribution is -0.131. The normalized spacial score (nSPS) is 18.0. The molecular weight excluding hydrogens is 368 g/mol. The van der Waals surface area contributed by atoms with Gasteiger partial charge in [0.2, 0.25) is 11.8 Å². The molecule has 1 fully saturated rings. The second-order valence-corrected chi connectivity index (χ2v) is 7.01. The first kappa shape index (κ1) is 20.1. The average molecular weight is 390 g/mol. The van der Waals surface area contributed by atoms with Crippen molar-refractivity contribution in [3.63, 3.8) is 0 Å². The molecule has 0 aromatic heterocycles. The number of nitriles is 1. The summed E-state index contributed by atoms with van der Waals surface area (Å²) in [5, 5.41) is 12.3. The maximum absolute atomic E-state index is 12.7. The van der Waals surface area contributed by atoms with E-state index in [2.05, 4.69) is 11.4 Å². The van der Waals surface area contributed by atoms with Gasteiger partial charge in [-0.2, -0.15) is 5.26 Å². The fourth-order valence-corrected chi connectivity index (χ4v) is 3.36. The van der Waals surface area contributed by atoms with Gasteiger partial charge in [0.25, 0.3) is 5.91 Å². The summed E-state index contributed by atoms with van der Waals surface area (Å²) < 4.78 is 0. The zero-order chi connectivity index (χ0) is 20.8. The van der Waals surface area contributed by atoms with Gasteiger partial charge in [0.15, 0.2) is 0 Å². The molecule has 0 bridgehead atoms. The summed E-state index contributed by atoms with van der Waals surface area (Å²) in [5.74, 6) is -1.32. The molecule has 3 amide bonds. The minimum atomic E-state index is -0.686. The van der Waals surface area contributed by atoms with Crippen LogP contribution in [-0.4, -0.2) is 53.7 Å². The molecule has 1 heterocycles. The van der Waals surface area contributed by atoms with Gasteiger partial charge in [-0.25, -0.2) is 0 Å². The van der Waals surface area contributed by atoms with Crippen LogP contribution >= 0.6 is 0 Å². The number of likely N-dealkylation sites (N-methyl/N-ethyl adjacent to an activating group) is 1. The largest absolute Gasteiger partial charge is 0.332 e. The van der Waals surface area contributed by atoms with E-state index in [4.69, 9.17) is 0 Å². The molecule has 0 spiro atoms. The molecule has 29 heavy (non-hydrogen) atoms. The number of carbonyl (C=O) groups is 3. The van der Waals surface area contributed by atoms with Crippen LogP contribution in [0.2, 0.25) is 0 Å². The Hall–Kier alpha value is -3.66. The van der Waals surface area contributed by atoms with Crippen molar-refractivity contribution in [1.29, 1.82) is 5.26 Å². The lowest BCUT2D eigenvalue weighted by Crippen LogP contribution is -2.43. The molecule has 0 radical (unpaired) electrons. The summed E-state index contributed by atoms with van der Waals surface area (Å²) in [7, 11) is 1.55. The molecule has 1 N–H and O–H groups in total. The molecule has 7 nitrogen and oxygen atoms in total. The van der Waals surface area contributed by atoms with Gasteiger partial charge in [-0.3, -0.25) is 14.4 Å². The molecule has 3 rings (SSSR count). The van der Waals surface area contributed by atoms with E-state index in [0.717, 1.165) is 0 Å². The number of hydrogen-bond donors (Lipinski definition) is 1. The first-order valence-electron chi connectivity index (χ1n) is 9.35. The van der Waals surface area contributed by atoms with Crippen molar-refractivity contribution in [2.24, 2.45) is 5.92 Å². The van der Waals surface area contributed by atoms with Gasteiger partial charge in [-0.05, 0) is 30.7 Å². The van der Waals surface area contributed by atoms with Crippen LogP contribution in [0.5, 0.6) is 0 Å². The molecule has 0 saturated carbocycles. The van der Waals surface area contributed by atoms with Crippen LogP contribution in [0.3, 0.4) is 0 Å². The Bertz CT molecular complexity index is 924. The molecule has 2 aromatic rings. The molecule has 1 saturated heterocycles. The number of benzene rings is 2. The first-order valence-corrected chi connectivity index (χ1v) is 9.35. The Morgan fingerprint density at radius 1 is 1.10 bits per heavy atom. The number of nitrogens with zero attached hydrogens (tertiary/aromatic N) is 3. The van der Waals surface area contributed by atoms with Crippen molar-refractivity contribution in [2.45, 2.75) is 12.5 Å². The fourth-order valence-electron chi connectivity index (χ4n) is 3.36.